The Kier molecular flexibility index (Phi) is 5.74. The van der Waals surface area contributed by atoms with Crippen molar-refractivity contribution in [1.29, 1.82) is 0 Å². The van der Waals surface area contributed by atoms with Crippen LogP contribution in [-0.2, 0) is 11.3 Å². The summed E-state index contributed by atoms with van der Waals surface area (Å²) < 4.78 is 1.92. The van der Waals surface area contributed by atoms with E-state index in [4.69, 9.17) is 0 Å². The van der Waals surface area contributed by atoms with E-state index in [-0.39, 0.29) is 11.2 Å². The summed E-state index contributed by atoms with van der Waals surface area (Å²) >= 11 is 2.67. The van der Waals surface area contributed by atoms with Gasteiger partial charge in [0.15, 0.2) is 11.0 Å². The minimum atomic E-state index is -0.378. The van der Waals surface area contributed by atoms with Crippen LogP contribution in [0, 0.1) is 6.92 Å². The smallest absolute Gasteiger partial charge is 0.239 e. The van der Waals surface area contributed by atoms with Crippen LogP contribution >= 0.6 is 23.1 Å². The minimum Gasteiger partial charge on any atom is -0.300 e. The molecule has 0 saturated heterocycles. The van der Waals surface area contributed by atoms with Gasteiger partial charge >= 0.3 is 0 Å². The molecule has 3 aromatic heterocycles. The normalized spacial score (nSPS) is 11.9. The zero-order chi connectivity index (χ0) is 18.5. The van der Waals surface area contributed by atoms with Crippen LogP contribution in [0.5, 0.6) is 0 Å². The number of hydrogen-bond acceptors (Lipinski definition) is 8. The van der Waals surface area contributed by atoms with Gasteiger partial charge < -0.3 is 0 Å². The first kappa shape index (κ1) is 18.2. The average molecular weight is 387 g/mol. The van der Waals surface area contributed by atoms with Crippen molar-refractivity contribution in [2.24, 2.45) is 0 Å². The van der Waals surface area contributed by atoms with Crippen LogP contribution in [0.15, 0.2) is 42.3 Å². The molecule has 3 rings (SSSR count). The highest BCUT2D eigenvalue weighted by atomic mass is 32.2. The van der Waals surface area contributed by atoms with Gasteiger partial charge in [0.25, 0.3) is 0 Å². The van der Waals surface area contributed by atoms with Crippen molar-refractivity contribution in [3.63, 3.8) is 0 Å². The summed E-state index contributed by atoms with van der Waals surface area (Å²) in [4.78, 5) is 16.4. The Balaban J connectivity index is 1.77. The summed E-state index contributed by atoms with van der Waals surface area (Å²) in [6, 6.07) is 3.73. The number of hydrogen-bond donors (Lipinski definition) is 1. The van der Waals surface area contributed by atoms with Gasteiger partial charge in [-0.3, -0.25) is 19.7 Å². The summed E-state index contributed by atoms with van der Waals surface area (Å²) in [6.07, 6.45) is 5.18. The SMILES string of the molecule is C=CCn1c(SC(C)C(=O)Nc2nnc(C)s2)nnc1-c1ccncc1. The van der Waals surface area contributed by atoms with Crippen molar-refractivity contribution in [3.05, 3.63) is 42.2 Å². The summed E-state index contributed by atoms with van der Waals surface area (Å²) in [6.45, 7) is 7.98. The molecule has 3 aromatic rings. The fourth-order valence-electron chi connectivity index (χ4n) is 2.15. The molecule has 0 aromatic carbocycles. The first-order valence-electron chi connectivity index (χ1n) is 7.80. The van der Waals surface area contributed by atoms with Crippen molar-refractivity contribution in [1.82, 2.24) is 29.9 Å². The van der Waals surface area contributed by atoms with Crippen LogP contribution in [0.25, 0.3) is 11.4 Å². The molecule has 0 fully saturated rings. The number of thioether (sulfide) groups is 1. The van der Waals surface area contributed by atoms with Crippen LogP contribution in [0.1, 0.15) is 11.9 Å². The third-order valence-electron chi connectivity index (χ3n) is 3.37. The average Bonchev–Trinajstić information content (AvgIpc) is 3.22. The molecule has 1 unspecified atom stereocenters. The van der Waals surface area contributed by atoms with Crippen molar-refractivity contribution in [2.75, 3.05) is 5.32 Å². The Hall–Kier alpha value is -2.59. The number of nitrogens with one attached hydrogen (secondary N) is 1. The van der Waals surface area contributed by atoms with Gasteiger partial charge in [-0.2, -0.15) is 0 Å². The van der Waals surface area contributed by atoms with E-state index in [0.717, 1.165) is 10.6 Å². The molecule has 10 heteroatoms. The van der Waals surface area contributed by atoms with E-state index in [1.807, 2.05) is 30.5 Å². The second-order valence-corrected chi connectivity index (χ2v) is 7.81. The van der Waals surface area contributed by atoms with Gasteiger partial charge in [-0.25, -0.2) is 0 Å². The number of rotatable bonds is 7. The molecule has 0 spiro atoms. The first-order valence-corrected chi connectivity index (χ1v) is 9.50. The molecule has 1 atom stereocenters. The highest BCUT2D eigenvalue weighted by Gasteiger charge is 2.21. The summed E-state index contributed by atoms with van der Waals surface area (Å²) in [5, 5.41) is 20.7. The Bertz CT molecular complexity index is 906. The lowest BCUT2D eigenvalue weighted by Gasteiger charge is -2.11. The second kappa shape index (κ2) is 8.19. The van der Waals surface area contributed by atoms with Gasteiger partial charge in [0.05, 0.1) is 5.25 Å². The maximum atomic E-state index is 12.4. The number of pyridine rings is 1. The molecule has 0 saturated carbocycles. The third-order valence-corrected chi connectivity index (χ3v) is 5.21. The van der Waals surface area contributed by atoms with Crippen LogP contribution in [0.3, 0.4) is 0 Å². The predicted molar refractivity (Wildman–Crippen MR) is 102 cm³/mol. The van der Waals surface area contributed by atoms with E-state index >= 15 is 0 Å². The number of amides is 1. The summed E-state index contributed by atoms with van der Waals surface area (Å²) in [5.74, 6) is 0.548. The van der Waals surface area contributed by atoms with Gasteiger partial charge in [0, 0.05) is 24.5 Å². The Morgan fingerprint density at radius 3 is 2.77 bits per heavy atom. The molecule has 0 aliphatic rings. The topological polar surface area (TPSA) is 98.5 Å². The van der Waals surface area contributed by atoms with Gasteiger partial charge in [0.2, 0.25) is 11.0 Å². The Labute approximate surface area is 158 Å². The lowest BCUT2D eigenvalue weighted by atomic mass is 10.2. The van der Waals surface area contributed by atoms with Crippen LogP contribution in [-0.4, -0.2) is 41.1 Å². The maximum Gasteiger partial charge on any atom is 0.239 e. The molecule has 0 bridgehead atoms. The zero-order valence-electron chi connectivity index (χ0n) is 14.3. The predicted octanol–water partition coefficient (Wildman–Crippen LogP) is 2.81. The monoisotopic (exact) mass is 387 g/mol. The molecular formula is C16H17N7OS2. The lowest BCUT2D eigenvalue weighted by molar-refractivity contribution is -0.115. The van der Waals surface area contributed by atoms with E-state index in [9.17, 15) is 4.79 Å². The van der Waals surface area contributed by atoms with Gasteiger partial charge in [-0.1, -0.05) is 29.2 Å². The molecule has 0 aliphatic heterocycles. The quantitative estimate of drug-likeness (QED) is 0.491. The standard InChI is InChI=1S/C16H17N7OS2/c1-4-9-23-13(12-5-7-17-8-6-12)20-22-16(23)25-10(2)14(24)18-15-21-19-11(3)26-15/h4-8,10H,1,9H2,2-3H3,(H,18,21,24). The summed E-state index contributed by atoms with van der Waals surface area (Å²) in [7, 11) is 0. The van der Waals surface area contributed by atoms with Gasteiger partial charge in [-0.05, 0) is 26.0 Å². The number of aryl methyl sites for hydroxylation is 1. The van der Waals surface area contributed by atoms with E-state index in [2.05, 4.69) is 37.3 Å². The number of carbonyl (C=O) groups is 1. The highest BCUT2D eigenvalue weighted by Crippen LogP contribution is 2.27. The molecule has 134 valence electrons. The maximum absolute atomic E-state index is 12.4. The molecule has 0 aliphatic carbocycles. The van der Waals surface area contributed by atoms with Gasteiger partial charge in [0.1, 0.15) is 5.01 Å². The Morgan fingerprint density at radius 2 is 2.12 bits per heavy atom. The number of anilines is 1. The van der Waals surface area contributed by atoms with Crippen molar-refractivity contribution >= 4 is 34.1 Å². The fraction of sp³-hybridized carbons (Fsp3) is 0.250. The molecule has 3 heterocycles. The number of nitrogens with zero attached hydrogens (tertiary/aromatic N) is 6. The molecule has 8 nitrogen and oxygen atoms in total. The van der Waals surface area contributed by atoms with E-state index < -0.39 is 0 Å². The van der Waals surface area contributed by atoms with Crippen LogP contribution < -0.4 is 5.32 Å². The second-order valence-electron chi connectivity index (χ2n) is 5.32. The minimum absolute atomic E-state index is 0.162. The molecule has 1 amide bonds. The molecular weight excluding hydrogens is 370 g/mol. The number of allylic oxidation sites excluding steroid dienone is 1. The van der Waals surface area contributed by atoms with E-state index in [0.29, 0.717) is 22.7 Å². The first-order chi connectivity index (χ1) is 12.6. The number of carbonyl (C=O) groups excluding carboxylic acids is 1. The largest absolute Gasteiger partial charge is 0.300 e. The lowest BCUT2D eigenvalue weighted by Crippen LogP contribution is -2.22. The third kappa shape index (κ3) is 4.14. The van der Waals surface area contributed by atoms with E-state index in [1.165, 1.54) is 23.1 Å². The number of aromatic nitrogens is 6. The zero-order valence-corrected chi connectivity index (χ0v) is 15.9. The summed E-state index contributed by atoms with van der Waals surface area (Å²) in [5.41, 5.74) is 0.905. The van der Waals surface area contributed by atoms with Crippen molar-refractivity contribution < 1.29 is 4.79 Å². The molecule has 26 heavy (non-hydrogen) atoms. The molecule has 1 N–H and O–H groups in total. The van der Waals surface area contributed by atoms with Gasteiger partial charge in [-0.15, -0.1) is 27.0 Å². The van der Waals surface area contributed by atoms with E-state index in [1.54, 1.807) is 18.5 Å². The fourth-order valence-corrected chi connectivity index (χ4v) is 3.60. The molecule has 0 radical (unpaired) electrons. The van der Waals surface area contributed by atoms with Crippen molar-refractivity contribution in [3.8, 4) is 11.4 Å². The van der Waals surface area contributed by atoms with Crippen LogP contribution in [0.4, 0.5) is 5.13 Å². The van der Waals surface area contributed by atoms with Crippen LogP contribution in [0.2, 0.25) is 0 Å². The Morgan fingerprint density at radius 1 is 1.35 bits per heavy atom. The van der Waals surface area contributed by atoms with Crippen molar-refractivity contribution in [2.45, 2.75) is 30.8 Å². The highest BCUT2D eigenvalue weighted by molar-refractivity contribution is 8.00.